The molecule has 1 aromatic rings. The Morgan fingerprint density at radius 3 is 2.33 bits per heavy atom. The van der Waals surface area contributed by atoms with Crippen molar-refractivity contribution >= 4 is 5.91 Å². The number of aryl methyl sites for hydroxylation is 2. The summed E-state index contributed by atoms with van der Waals surface area (Å²) < 4.78 is 1.87. The third kappa shape index (κ3) is 13.4. The molecule has 0 atom stereocenters. The maximum atomic E-state index is 11.9. The molecule has 27 heavy (non-hydrogen) atoms. The number of hydrogen-bond acceptors (Lipinski definition) is 3. The summed E-state index contributed by atoms with van der Waals surface area (Å²) in [4.78, 5) is 11.9. The zero-order valence-electron chi connectivity index (χ0n) is 18.2. The van der Waals surface area contributed by atoms with Crippen LogP contribution in [0.15, 0.2) is 6.20 Å². The number of rotatable bonds is 16. The molecule has 0 bridgehead atoms. The molecule has 156 valence electrons. The quantitative estimate of drug-likeness (QED) is 0.405. The van der Waals surface area contributed by atoms with E-state index in [0.717, 1.165) is 49.9 Å². The molecule has 1 amide bonds. The van der Waals surface area contributed by atoms with Gasteiger partial charge in [-0.2, -0.15) is 0 Å². The summed E-state index contributed by atoms with van der Waals surface area (Å²) >= 11 is 0. The number of hydrogen-bond donors (Lipinski definition) is 1. The van der Waals surface area contributed by atoms with E-state index in [1.165, 1.54) is 44.9 Å². The Morgan fingerprint density at radius 1 is 0.963 bits per heavy atom. The van der Waals surface area contributed by atoms with Gasteiger partial charge in [0.1, 0.15) is 0 Å². The van der Waals surface area contributed by atoms with Crippen LogP contribution in [0.5, 0.6) is 0 Å². The summed E-state index contributed by atoms with van der Waals surface area (Å²) in [6.45, 7) is 10.6. The Hall–Kier alpha value is -1.39. The van der Waals surface area contributed by atoms with E-state index in [1.807, 2.05) is 10.9 Å². The summed E-state index contributed by atoms with van der Waals surface area (Å²) in [5.74, 6) is 1.73. The van der Waals surface area contributed by atoms with Crippen molar-refractivity contribution in [2.24, 2.45) is 11.8 Å². The lowest BCUT2D eigenvalue weighted by Gasteiger charge is -2.06. The summed E-state index contributed by atoms with van der Waals surface area (Å²) in [7, 11) is 0. The maximum Gasteiger partial charge on any atom is 0.220 e. The molecule has 0 aromatic carbocycles. The predicted molar refractivity (Wildman–Crippen MR) is 113 cm³/mol. The Labute approximate surface area is 166 Å². The summed E-state index contributed by atoms with van der Waals surface area (Å²) in [6, 6.07) is 0. The number of unbranched alkanes of at least 4 members (excludes halogenated alkanes) is 4. The highest BCUT2D eigenvalue weighted by atomic mass is 16.1. The van der Waals surface area contributed by atoms with Crippen LogP contribution in [0.25, 0.3) is 0 Å². The smallest absolute Gasteiger partial charge is 0.220 e. The molecule has 0 radical (unpaired) electrons. The van der Waals surface area contributed by atoms with Crippen molar-refractivity contribution in [3.8, 4) is 0 Å². The number of carbonyl (C=O) groups excluding carboxylic acids is 1. The second kappa shape index (κ2) is 14.6. The molecule has 0 spiro atoms. The van der Waals surface area contributed by atoms with Crippen LogP contribution in [-0.4, -0.2) is 27.4 Å². The van der Waals surface area contributed by atoms with E-state index < -0.39 is 0 Å². The van der Waals surface area contributed by atoms with Crippen molar-refractivity contribution in [2.45, 2.75) is 105 Å². The molecular formula is C22H42N4O. The third-order valence-corrected chi connectivity index (χ3v) is 4.87. The second-order valence-corrected chi connectivity index (χ2v) is 8.66. The fraction of sp³-hybridized carbons (Fsp3) is 0.864. The lowest BCUT2D eigenvalue weighted by molar-refractivity contribution is -0.121. The SMILES string of the molecule is CC(C)CCCCCCNC(=O)CCCn1cc(CCCCC(C)C)nn1. The molecule has 0 aliphatic rings. The highest BCUT2D eigenvalue weighted by Crippen LogP contribution is 2.10. The molecular weight excluding hydrogens is 336 g/mol. The Balaban J connectivity index is 2.01. The number of amides is 1. The molecule has 0 aliphatic heterocycles. The summed E-state index contributed by atoms with van der Waals surface area (Å²) in [5, 5.41) is 11.4. The number of nitrogens with one attached hydrogen (secondary N) is 1. The van der Waals surface area contributed by atoms with Crippen LogP contribution in [0.1, 0.15) is 97.6 Å². The Morgan fingerprint density at radius 2 is 1.63 bits per heavy atom. The first kappa shape index (κ1) is 23.6. The lowest BCUT2D eigenvalue weighted by Crippen LogP contribution is -2.24. The van der Waals surface area contributed by atoms with Gasteiger partial charge in [0.25, 0.3) is 0 Å². The fourth-order valence-electron chi connectivity index (χ4n) is 3.17. The van der Waals surface area contributed by atoms with Crippen LogP contribution in [0.2, 0.25) is 0 Å². The molecule has 0 saturated heterocycles. The minimum absolute atomic E-state index is 0.159. The van der Waals surface area contributed by atoms with Crippen LogP contribution in [0.3, 0.4) is 0 Å². The number of aromatic nitrogens is 3. The van der Waals surface area contributed by atoms with E-state index in [1.54, 1.807) is 0 Å². The summed E-state index contributed by atoms with van der Waals surface area (Å²) in [6.07, 6.45) is 14.3. The van der Waals surface area contributed by atoms with Crippen molar-refractivity contribution in [2.75, 3.05) is 6.54 Å². The Bertz CT molecular complexity index is 496. The van der Waals surface area contributed by atoms with Gasteiger partial charge in [0, 0.05) is 25.7 Å². The van der Waals surface area contributed by atoms with Crippen LogP contribution >= 0.6 is 0 Å². The van der Waals surface area contributed by atoms with Crippen LogP contribution in [-0.2, 0) is 17.8 Å². The van der Waals surface area contributed by atoms with Gasteiger partial charge in [0.2, 0.25) is 5.91 Å². The van der Waals surface area contributed by atoms with E-state index in [0.29, 0.717) is 6.42 Å². The first-order valence-corrected chi connectivity index (χ1v) is 11.1. The maximum absolute atomic E-state index is 11.9. The third-order valence-electron chi connectivity index (χ3n) is 4.87. The average molecular weight is 379 g/mol. The molecule has 0 unspecified atom stereocenters. The van der Waals surface area contributed by atoms with Crippen LogP contribution in [0.4, 0.5) is 0 Å². The topological polar surface area (TPSA) is 59.8 Å². The molecule has 1 rings (SSSR count). The molecule has 5 nitrogen and oxygen atoms in total. The van der Waals surface area contributed by atoms with Gasteiger partial charge in [-0.25, -0.2) is 0 Å². The van der Waals surface area contributed by atoms with Gasteiger partial charge in [-0.1, -0.05) is 71.4 Å². The van der Waals surface area contributed by atoms with Crippen molar-refractivity contribution in [1.82, 2.24) is 20.3 Å². The molecule has 1 aromatic heterocycles. The zero-order valence-corrected chi connectivity index (χ0v) is 18.2. The van der Waals surface area contributed by atoms with Gasteiger partial charge < -0.3 is 5.32 Å². The minimum Gasteiger partial charge on any atom is -0.356 e. The first-order chi connectivity index (χ1) is 13.0. The summed E-state index contributed by atoms with van der Waals surface area (Å²) in [5.41, 5.74) is 1.07. The van der Waals surface area contributed by atoms with E-state index >= 15 is 0 Å². The van der Waals surface area contributed by atoms with Crippen LogP contribution in [0, 0.1) is 11.8 Å². The minimum atomic E-state index is 0.159. The largest absolute Gasteiger partial charge is 0.356 e. The monoisotopic (exact) mass is 378 g/mol. The Kier molecular flexibility index (Phi) is 12.8. The van der Waals surface area contributed by atoms with Gasteiger partial charge in [-0.15, -0.1) is 5.10 Å². The van der Waals surface area contributed by atoms with E-state index in [9.17, 15) is 4.79 Å². The van der Waals surface area contributed by atoms with E-state index in [4.69, 9.17) is 0 Å². The molecule has 5 heteroatoms. The van der Waals surface area contributed by atoms with Crippen LogP contribution < -0.4 is 5.32 Å². The highest BCUT2D eigenvalue weighted by molar-refractivity contribution is 5.75. The van der Waals surface area contributed by atoms with Crippen molar-refractivity contribution in [3.63, 3.8) is 0 Å². The average Bonchev–Trinajstić information content (AvgIpc) is 3.05. The fourth-order valence-corrected chi connectivity index (χ4v) is 3.17. The highest BCUT2D eigenvalue weighted by Gasteiger charge is 2.04. The molecule has 0 saturated carbocycles. The van der Waals surface area contributed by atoms with Gasteiger partial charge >= 0.3 is 0 Å². The lowest BCUT2D eigenvalue weighted by atomic mass is 10.0. The van der Waals surface area contributed by atoms with Crippen molar-refractivity contribution in [1.29, 1.82) is 0 Å². The molecule has 1 N–H and O–H groups in total. The first-order valence-electron chi connectivity index (χ1n) is 11.1. The molecule has 1 heterocycles. The van der Waals surface area contributed by atoms with Gasteiger partial charge in [-0.05, 0) is 37.5 Å². The standard InChI is InChI=1S/C22H42N4O/c1-19(2)12-7-5-6-10-16-23-22(27)15-11-17-26-18-21(24-25-26)14-9-8-13-20(3)4/h18-20H,5-17H2,1-4H3,(H,23,27). The molecule has 0 aliphatic carbocycles. The zero-order chi connectivity index (χ0) is 19.9. The van der Waals surface area contributed by atoms with Crippen molar-refractivity contribution < 1.29 is 4.79 Å². The van der Waals surface area contributed by atoms with E-state index in [2.05, 4.69) is 43.3 Å². The normalized spacial score (nSPS) is 11.5. The van der Waals surface area contributed by atoms with Gasteiger partial charge in [-0.3, -0.25) is 9.48 Å². The van der Waals surface area contributed by atoms with Gasteiger partial charge in [0.05, 0.1) is 5.69 Å². The van der Waals surface area contributed by atoms with Crippen molar-refractivity contribution in [3.05, 3.63) is 11.9 Å². The number of nitrogens with zero attached hydrogens (tertiary/aromatic N) is 3. The van der Waals surface area contributed by atoms with Gasteiger partial charge in [0.15, 0.2) is 0 Å². The molecule has 0 fully saturated rings. The van der Waals surface area contributed by atoms with E-state index in [-0.39, 0.29) is 5.91 Å². The second-order valence-electron chi connectivity index (χ2n) is 8.66. The predicted octanol–water partition coefficient (Wildman–Crippen LogP) is 5.15. The number of carbonyl (C=O) groups is 1.